The fraction of sp³-hybridized carbons (Fsp3) is 0.294. The van der Waals surface area contributed by atoms with E-state index in [4.69, 9.17) is 10.5 Å². The summed E-state index contributed by atoms with van der Waals surface area (Å²) in [6, 6.07) is 15.0. The highest BCUT2D eigenvalue weighted by Gasteiger charge is 2.25. The monoisotopic (exact) mass is 347 g/mol. The topological polar surface area (TPSA) is 84.7 Å². The van der Waals surface area contributed by atoms with E-state index >= 15 is 0 Å². The van der Waals surface area contributed by atoms with E-state index in [0.717, 1.165) is 24.4 Å². The number of nitrogen functional groups attached to an aromatic ring is 1. The maximum absolute atomic E-state index is 11.4. The third kappa shape index (κ3) is 4.18. The second kappa shape index (κ2) is 6.70. The predicted octanol–water partition coefficient (Wildman–Crippen LogP) is 2.19. The van der Waals surface area contributed by atoms with Crippen molar-refractivity contribution in [1.82, 2.24) is 4.72 Å². The molecule has 1 saturated heterocycles. The van der Waals surface area contributed by atoms with Crippen LogP contribution in [0, 0.1) is 0 Å². The molecule has 0 aromatic heterocycles. The van der Waals surface area contributed by atoms with Gasteiger partial charge in [0.15, 0.2) is 5.75 Å². The molecule has 128 valence electrons. The molecule has 3 rings (SSSR count). The molecule has 6 nitrogen and oxygen atoms in total. The Morgan fingerprint density at radius 2 is 1.96 bits per heavy atom. The van der Waals surface area contributed by atoms with E-state index in [-0.39, 0.29) is 6.04 Å². The van der Waals surface area contributed by atoms with Crippen molar-refractivity contribution in [3.8, 4) is 11.5 Å². The van der Waals surface area contributed by atoms with Crippen molar-refractivity contribution >= 4 is 21.4 Å². The molecule has 0 amide bonds. The number of sulfonamides is 1. The first kappa shape index (κ1) is 16.6. The summed E-state index contributed by atoms with van der Waals surface area (Å²) in [5.74, 6) is 1.32. The zero-order chi connectivity index (χ0) is 17.2. The fourth-order valence-electron chi connectivity index (χ4n) is 2.82. The number of nitrogens with one attached hydrogen (secondary N) is 1. The van der Waals surface area contributed by atoms with Crippen molar-refractivity contribution in [1.29, 1.82) is 0 Å². The molecular formula is C17H21N3O3S. The molecule has 2 aromatic rings. The van der Waals surface area contributed by atoms with Gasteiger partial charge in [-0.05, 0) is 30.7 Å². The minimum Gasteiger partial charge on any atom is -0.455 e. The van der Waals surface area contributed by atoms with Crippen LogP contribution in [-0.4, -0.2) is 33.8 Å². The van der Waals surface area contributed by atoms with Crippen LogP contribution in [0.1, 0.15) is 6.42 Å². The molecule has 0 spiro atoms. The Balaban J connectivity index is 1.74. The number of benzene rings is 2. The Bertz CT molecular complexity index is 809. The summed E-state index contributed by atoms with van der Waals surface area (Å²) in [5.41, 5.74) is 7.54. The molecule has 0 radical (unpaired) electrons. The minimum absolute atomic E-state index is 0.0731. The second-order valence-corrected chi connectivity index (χ2v) is 7.74. The predicted molar refractivity (Wildman–Crippen MR) is 96.0 cm³/mol. The van der Waals surface area contributed by atoms with Gasteiger partial charge in [0.25, 0.3) is 0 Å². The summed E-state index contributed by atoms with van der Waals surface area (Å²) >= 11 is 0. The molecule has 1 aliphatic heterocycles. The molecule has 7 heteroatoms. The van der Waals surface area contributed by atoms with E-state index < -0.39 is 10.0 Å². The SMILES string of the molecule is CS(=O)(=O)NC1CCN(c2ccc(N)c(Oc3ccccc3)c2)C1. The van der Waals surface area contributed by atoms with Crippen molar-refractivity contribution in [3.63, 3.8) is 0 Å². The van der Waals surface area contributed by atoms with Crippen LogP contribution in [-0.2, 0) is 10.0 Å². The lowest BCUT2D eigenvalue weighted by atomic mass is 10.2. The van der Waals surface area contributed by atoms with E-state index in [1.54, 1.807) is 0 Å². The molecule has 1 unspecified atom stereocenters. The van der Waals surface area contributed by atoms with E-state index in [1.165, 1.54) is 6.26 Å². The lowest BCUT2D eigenvalue weighted by molar-refractivity contribution is 0.485. The number of hydrogen-bond acceptors (Lipinski definition) is 5. The summed E-state index contributed by atoms with van der Waals surface area (Å²) in [6.45, 7) is 1.41. The van der Waals surface area contributed by atoms with Gasteiger partial charge in [0, 0.05) is 30.9 Å². The standard InChI is InChI=1S/C17H21N3O3S/c1-24(21,22)19-13-9-10-20(12-13)14-7-8-16(18)17(11-14)23-15-5-3-2-4-6-15/h2-8,11,13,19H,9-10,12,18H2,1H3. The number of para-hydroxylation sites is 1. The molecule has 0 bridgehead atoms. The Morgan fingerprint density at radius 3 is 2.67 bits per heavy atom. The largest absolute Gasteiger partial charge is 0.455 e. The molecule has 0 aliphatic carbocycles. The smallest absolute Gasteiger partial charge is 0.209 e. The second-order valence-electron chi connectivity index (χ2n) is 5.96. The van der Waals surface area contributed by atoms with Crippen molar-refractivity contribution in [2.24, 2.45) is 0 Å². The van der Waals surface area contributed by atoms with E-state index in [0.29, 0.717) is 18.0 Å². The van der Waals surface area contributed by atoms with Gasteiger partial charge >= 0.3 is 0 Å². The van der Waals surface area contributed by atoms with Gasteiger partial charge in [0.2, 0.25) is 10.0 Å². The zero-order valence-corrected chi connectivity index (χ0v) is 14.3. The van der Waals surface area contributed by atoms with Gasteiger partial charge in [-0.15, -0.1) is 0 Å². The highest BCUT2D eigenvalue weighted by Crippen LogP contribution is 2.32. The Hall–Kier alpha value is -2.25. The number of ether oxygens (including phenoxy) is 1. The molecule has 1 aliphatic rings. The van der Waals surface area contributed by atoms with Gasteiger partial charge in [0.1, 0.15) is 5.75 Å². The molecule has 1 heterocycles. The van der Waals surface area contributed by atoms with E-state index in [9.17, 15) is 8.42 Å². The van der Waals surface area contributed by atoms with Gasteiger partial charge in [-0.1, -0.05) is 18.2 Å². The Kier molecular flexibility index (Phi) is 4.64. The van der Waals surface area contributed by atoms with Crippen LogP contribution in [0.2, 0.25) is 0 Å². The number of rotatable bonds is 5. The lowest BCUT2D eigenvalue weighted by Crippen LogP contribution is -2.36. The molecule has 2 aromatic carbocycles. The summed E-state index contributed by atoms with van der Waals surface area (Å²) < 4.78 is 31.2. The van der Waals surface area contributed by atoms with Gasteiger partial charge in [0.05, 0.1) is 11.9 Å². The Morgan fingerprint density at radius 1 is 1.21 bits per heavy atom. The Labute approximate surface area is 142 Å². The van der Waals surface area contributed by atoms with Gasteiger partial charge in [-0.3, -0.25) is 0 Å². The fourth-order valence-corrected chi connectivity index (χ4v) is 3.62. The highest BCUT2D eigenvalue weighted by molar-refractivity contribution is 7.88. The average molecular weight is 347 g/mol. The molecule has 3 N–H and O–H groups in total. The van der Waals surface area contributed by atoms with Crippen LogP contribution in [0.3, 0.4) is 0 Å². The van der Waals surface area contributed by atoms with Gasteiger partial charge in [-0.25, -0.2) is 13.1 Å². The van der Waals surface area contributed by atoms with Gasteiger partial charge in [-0.2, -0.15) is 0 Å². The van der Waals surface area contributed by atoms with Crippen molar-refractivity contribution in [3.05, 3.63) is 48.5 Å². The summed E-state index contributed by atoms with van der Waals surface area (Å²) in [4.78, 5) is 2.13. The summed E-state index contributed by atoms with van der Waals surface area (Å²) in [5, 5.41) is 0. The molecule has 1 atom stereocenters. The van der Waals surface area contributed by atoms with E-state index in [2.05, 4.69) is 9.62 Å². The van der Waals surface area contributed by atoms with E-state index in [1.807, 2.05) is 48.5 Å². The quantitative estimate of drug-likeness (QED) is 0.810. The number of nitrogens with zero attached hydrogens (tertiary/aromatic N) is 1. The first-order valence-electron chi connectivity index (χ1n) is 7.75. The number of nitrogens with two attached hydrogens (primary N) is 1. The first-order chi connectivity index (χ1) is 11.4. The third-order valence-corrected chi connectivity index (χ3v) is 4.66. The van der Waals surface area contributed by atoms with Crippen LogP contribution in [0.5, 0.6) is 11.5 Å². The number of hydrogen-bond donors (Lipinski definition) is 2. The van der Waals surface area contributed by atoms with Gasteiger partial charge < -0.3 is 15.4 Å². The maximum Gasteiger partial charge on any atom is 0.209 e. The molecular weight excluding hydrogens is 326 g/mol. The normalized spacial score (nSPS) is 17.9. The van der Waals surface area contributed by atoms with Crippen LogP contribution in [0.25, 0.3) is 0 Å². The van der Waals surface area contributed by atoms with Crippen LogP contribution in [0.4, 0.5) is 11.4 Å². The summed E-state index contributed by atoms with van der Waals surface area (Å²) in [6.07, 6.45) is 1.96. The highest BCUT2D eigenvalue weighted by atomic mass is 32.2. The zero-order valence-electron chi connectivity index (χ0n) is 13.5. The average Bonchev–Trinajstić information content (AvgIpc) is 2.97. The first-order valence-corrected chi connectivity index (χ1v) is 9.64. The van der Waals surface area contributed by atoms with Crippen LogP contribution >= 0.6 is 0 Å². The number of anilines is 2. The van der Waals surface area contributed by atoms with Crippen LogP contribution in [0.15, 0.2) is 48.5 Å². The molecule has 1 fully saturated rings. The van der Waals surface area contributed by atoms with Crippen molar-refractivity contribution in [2.75, 3.05) is 30.0 Å². The molecule has 24 heavy (non-hydrogen) atoms. The van der Waals surface area contributed by atoms with Crippen molar-refractivity contribution in [2.45, 2.75) is 12.5 Å². The van der Waals surface area contributed by atoms with Crippen molar-refractivity contribution < 1.29 is 13.2 Å². The lowest BCUT2D eigenvalue weighted by Gasteiger charge is -2.20. The molecule has 0 saturated carbocycles. The third-order valence-electron chi connectivity index (χ3n) is 3.90. The summed E-state index contributed by atoms with van der Waals surface area (Å²) in [7, 11) is -3.19. The van der Waals surface area contributed by atoms with Crippen LogP contribution < -0.4 is 20.1 Å². The maximum atomic E-state index is 11.4. The minimum atomic E-state index is -3.19.